The summed E-state index contributed by atoms with van der Waals surface area (Å²) in [7, 11) is 0. The molecular weight excluding hydrogens is 415 g/mol. The van der Waals surface area contributed by atoms with Crippen molar-refractivity contribution in [3.8, 4) is 0 Å². The zero-order valence-electron chi connectivity index (χ0n) is 17.8. The first kappa shape index (κ1) is 22.0. The third-order valence-corrected chi connectivity index (χ3v) is 5.71. The highest BCUT2D eigenvalue weighted by atomic mass is 19.4. The Kier molecular flexibility index (Phi) is 6.26. The molecule has 0 N–H and O–H groups in total. The second-order valence-corrected chi connectivity index (χ2v) is 8.22. The minimum absolute atomic E-state index is 0.0802. The smallest absolute Gasteiger partial charge is 0.337 e. The van der Waals surface area contributed by atoms with Gasteiger partial charge in [-0.3, -0.25) is 14.8 Å². The normalized spacial score (nSPS) is 16.8. The Balaban J connectivity index is 1.53. The van der Waals surface area contributed by atoms with Gasteiger partial charge in [0.1, 0.15) is 5.69 Å². The molecule has 1 atom stereocenters. The summed E-state index contributed by atoms with van der Waals surface area (Å²) in [6.07, 6.45) is -0.589. The molecular formula is C25H24F3N3O. The number of pyridine rings is 2. The van der Waals surface area contributed by atoms with Crippen molar-refractivity contribution < 1.29 is 18.0 Å². The second kappa shape index (κ2) is 9.10. The number of alkyl halides is 3. The van der Waals surface area contributed by atoms with Crippen LogP contribution in [0.15, 0.2) is 60.8 Å². The minimum atomic E-state index is -4.36. The Morgan fingerprint density at radius 3 is 2.69 bits per heavy atom. The molecule has 0 spiro atoms. The van der Waals surface area contributed by atoms with Crippen LogP contribution >= 0.6 is 0 Å². The molecule has 1 saturated heterocycles. The van der Waals surface area contributed by atoms with E-state index >= 15 is 0 Å². The first-order valence-corrected chi connectivity index (χ1v) is 10.6. The predicted molar refractivity (Wildman–Crippen MR) is 115 cm³/mol. The summed E-state index contributed by atoms with van der Waals surface area (Å²) in [5.74, 6) is -0.0105. The summed E-state index contributed by atoms with van der Waals surface area (Å²) in [5, 5.41) is 0. The van der Waals surface area contributed by atoms with Crippen molar-refractivity contribution in [3.05, 3.63) is 94.6 Å². The van der Waals surface area contributed by atoms with Crippen LogP contribution in [0.4, 0.5) is 13.2 Å². The minimum Gasteiger partial charge on any atom is -0.337 e. The Bertz CT molecular complexity index is 1100. The quantitative estimate of drug-likeness (QED) is 0.546. The van der Waals surface area contributed by atoms with Gasteiger partial charge in [-0.05, 0) is 67.6 Å². The number of rotatable bonds is 4. The highest BCUT2D eigenvalue weighted by Crippen LogP contribution is 2.31. The number of amides is 1. The van der Waals surface area contributed by atoms with E-state index < -0.39 is 11.7 Å². The van der Waals surface area contributed by atoms with Crippen LogP contribution in [-0.2, 0) is 12.6 Å². The fourth-order valence-corrected chi connectivity index (χ4v) is 4.23. The van der Waals surface area contributed by atoms with Gasteiger partial charge in [0, 0.05) is 36.6 Å². The van der Waals surface area contributed by atoms with Crippen molar-refractivity contribution in [2.75, 3.05) is 13.1 Å². The lowest BCUT2D eigenvalue weighted by atomic mass is 9.92. The summed E-state index contributed by atoms with van der Waals surface area (Å²) < 4.78 is 39.2. The topological polar surface area (TPSA) is 46.1 Å². The Hall–Kier alpha value is -3.22. The van der Waals surface area contributed by atoms with Crippen LogP contribution in [0.5, 0.6) is 0 Å². The lowest BCUT2D eigenvalue weighted by Crippen LogP contribution is -2.39. The molecule has 0 radical (unpaired) electrons. The molecule has 3 heterocycles. The molecule has 0 unspecified atom stereocenters. The SMILES string of the molecule is Cc1cc(Cc2cccc(C(F)(F)F)c2)cc([C@H]2CCCN(C(=O)c3ccccn3)C2)n1. The van der Waals surface area contributed by atoms with Gasteiger partial charge < -0.3 is 4.90 Å². The number of halogens is 3. The maximum absolute atomic E-state index is 13.1. The van der Waals surface area contributed by atoms with E-state index in [1.165, 1.54) is 12.1 Å². The van der Waals surface area contributed by atoms with Gasteiger partial charge in [-0.1, -0.05) is 24.3 Å². The van der Waals surface area contributed by atoms with Gasteiger partial charge in [-0.25, -0.2) is 0 Å². The van der Waals surface area contributed by atoms with Crippen molar-refractivity contribution in [3.63, 3.8) is 0 Å². The number of carbonyl (C=O) groups excluding carboxylic acids is 1. The zero-order valence-corrected chi connectivity index (χ0v) is 17.8. The molecule has 2 aromatic heterocycles. The molecule has 0 bridgehead atoms. The molecule has 3 aromatic rings. The van der Waals surface area contributed by atoms with Crippen LogP contribution in [0.1, 0.15) is 57.3 Å². The van der Waals surface area contributed by atoms with Crippen molar-refractivity contribution in [2.45, 2.75) is 38.3 Å². The lowest BCUT2D eigenvalue weighted by molar-refractivity contribution is -0.137. The van der Waals surface area contributed by atoms with Gasteiger partial charge in [-0.2, -0.15) is 13.2 Å². The monoisotopic (exact) mass is 439 g/mol. The molecule has 1 aromatic carbocycles. The maximum atomic E-state index is 13.1. The summed E-state index contributed by atoms with van der Waals surface area (Å²) in [4.78, 5) is 23.5. The molecule has 1 aliphatic rings. The first-order valence-electron chi connectivity index (χ1n) is 10.6. The molecule has 1 aliphatic heterocycles. The predicted octanol–water partition coefficient (Wildman–Crippen LogP) is 5.41. The highest BCUT2D eigenvalue weighted by molar-refractivity contribution is 5.92. The number of hydrogen-bond donors (Lipinski definition) is 0. The summed E-state index contributed by atoms with van der Waals surface area (Å²) in [6.45, 7) is 3.11. The van der Waals surface area contributed by atoms with Crippen molar-refractivity contribution in [1.29, 1.82) is 0 Å². The Morgan fingerprint density at radius 1 is 1.09 bits per heavy atom. The first-order chi connectivity index (χ1) is 15.3. The number of benzene rings is 1. The van der Waals surface area contributed by atoms with E-state index in [9.17, 15) is 18.0 Å². The number of nitrogens with zero attached hydrogens (tertiary/aromatic N) is 3. The van der Waals surface area contributed by atoms with Crippen LogP contribution in [0.25, 0.3) is 0 Å². The number of likely N-dealkylation sites (tertiary alicyclic amines) is 1. The fraction of sp³-hybridized carbons (Fsp3) is 0.320. The number of hydrogen-bond acceptors (Lipinski definition) is 3. The molecule has 1 amide bonds. The molecule has 4 nitrogen and oxygen atoms in total. The van der Waals surface area contributed by atoms with Gasteiger partial charge in [-0.15, -0.1) is 0 Å². The molecule has 7 heteroatoms. The lowest BCUT2D eigenvalue weighted by Gasteiger charge is -2.32. The molecule has 4 rings (SSSR count). The van der Waals surface area contributed by atoms with Crippen molar-refractivity contribution in [1.82, 2.24) is 14.9 Å². The van der Waals surface area contributed by atoms with E-state index in [-0.39, 0.29) is 11.8 Å². The van der Waals surface area contributed by atoms with Gasteiger partial charge in [0.15, 0.2) is 0 Å². The summed E-state index contributed by atoms with van der Waals surface area (Å²) in [6, 6.07) is 14.6. The Labute approximate surface area is 185 Å². The van der Waals surface area contributed by atoms with Crippen LogP contribution in [0.3, 0.4) is 0 Å². The van der Waals surface area contributed by atoms with Crippen LogP contribution < -0.4 is 0 Å². The number of piperidine rings is 1. The molecule has 32 heavy (non-hydrogen) atoms. The average Bonchev–Trinajstić information content (AvgIpc) is 2.78. The molecule has 0 aliphatic carbocycles. The van der Waals surface area contributed by atoms with E-state index in [2.05, 4.69) is 9.97 Å². The largest absolute Gasteiger partial charge is 0.416 e. The van der Waals surface area contributed by atoms with Crippen LogP contribution in [-0.4, -0.2) is 33.9 Å². The van der Waals surface area contributed by atoms with Gasteiger partial charge in [0.25, 0.3) is 5.91 Å². The van der Waals surface area contributed by atoms with E-state index in [0.29, 0.717) is 30.8 Å². The molecule has 0 saturated carbocycles. The third kappa shape index (κ3) is 5.15. The average molecular weight is 439 g/mol. The van der Waals surface area contributed by atoms with E-state index in [0.717, 1.165) is 35.9 Å². The summed E-state index contributed by atoms with van der Waals surface area (Å²) >= 11 is 0. The number of carbonyl (C=O) groups is 1. The van der Waals surface area contributed by atoms with Crippen molar-refractivity contribution >= 4 is 5.91 Å². The van der Waals surface area contributed by atoms with Crippen LogP contribution in [0.2, 0.25) is 0 Å². The number of aryl methyl sites for hydroxylation is 1. The van der Waals surface area contributed by atoms with Gasteiger partial charge in [0.05, 0.1) is 5.56 Å². The van der Waals surface area contributed by atoms with Crippen molar-refractivity contribution in [2.24, 2.45) is 0 Å². The zero-order chi connectivity index (χ0) is 22.7. The second-order valence-electron chi connectivity index (χ2n) is 8.22. The Morgan fingerprint density at radius 2 is 1.94 bits per heavy atom. The standard InChI is InChI=1S/C25H24F3N3O/c1-17-12-19(13-18-6-4-8-21(14-18)25(26,27)28)15-23(30-17)20-7-5-11-31(16-20)24(32)22-9-2-3-10-29-22/h2-4,6,8-10,12,14-15,20H,5,7,11,13,16H2,1H3/t20-/m0/s1. The molecule has 1 fully saturated rings. The number of aromatic nitrogens is 2. The molecule has 166 valence electrons. The van der Waals surface area contributed by atoms with Gasteiger partial charge >= 0.3 is 6.18 Å². The van der Waals surface area contributed by atoms with Crippen LogP contribution in [0, 0.1) is 6.92 Å². The fourth-order valence-electron chi connectivity index (χ4n) is 4.23. The van der Waals surface area contributed by atoms with E-state index in [4.69, 9.17) is 0 Å². The third-order valence-electron chi connectivity index (χ3n) is 5.71. The summed E-state index contributed by atoms with van der Waals surface area (Å²) in [5.41, 5.74) is 3.00. The van der Waals surface area contributed by atoms with E-state index in [1.807, 2.05) is 24.0 Å². The van der Waals surface area contributed by atoms with E-state index in [1.54, 1.807) is 30.5 Å². The maximum Gasteiger partial charge on any atom is 0.416 e. The van der Waals surface area contributed by atoms with Gasteiger partial charge in [0.2, 0.25) is 0 Å². The highest BCUT2D eigenvalue weighted by Gasteiger charge is 2.30.